The first-order chi connectivity index (χ1) is 12.9. The van der Waals surface area contributed by atoms with Crippen molar-refractivity contribution in [2.75, 3.05) is 31.4 Å². The van der Waals surface area contributed by atoms with E-state index in [1.807, 2.05) is 30.3 Å². The molecule has 0 atom stereocenters. The number of carbonyl (C=O) groups excluding carboxylic acids is 1. The van der Waals surface area contributed by atoms with E-state index in [9.17, 15) is 18.0 Å². The van der Waals surface area contributed by atoms with Crippen LogP contribution in [0, 0.1) is 0 Å². The first-order valence-electron chi connectivity index (χ1n) is 8.21. The molecule has 27 heavy (non-hydrogen) atoms. The molecule has 0 bridgehead atoms. The van der Waals surface area contributed by atoms with Crippen LogP contribution in [-0.4, -0.2) is 32.0 Å². The van der Waals surface area contributed by atoms with E-state index in [-0.39, 0.29) is 37.0 Å². The van der Waals surface area contributed by atoms with Crippen LogP contribution in [-0.2, 0) is 15.7 Å². The van der Waals surface area contributed by atoms with E-state index in [4.69, 9.17) is 9.47 Å². The summed E-state index contributed by atoms with van der Waals surface area (Å²) >= 11 is 1.50. The second-order valence-electron chi connectivity index (χ2n) is 5.51. The Morgan fingerprint density at radius 2 is 1.85 bits per heavy atom. The van der Waals surface area contributed by atoms with Crippen molar-refractivity contribution in [1.82, 2.24) is 0 Å². The van der Waals surface area contributed by atoms with Gasteiger partial charge in [-0.15, -0.1) is 11.8 Å². The summed E-state index contributed by atoms with van der Waals surface area (Å²) < 4.78 is 49.1. The predicted octanol–water partition coefficient (Wildman–Crippen LogP) is 4.85. The van der Waals surface area contributed by atoms with Gasteiger partial charge in [-0.3, -0.25) is 4.79 Å². The Morgan fingerprint density at radius 3 is 2.52 bits per heavy atom. The van der Waals surface area contributed by atoms with Gasteiger partial charge in [0, 0.05) is 24.2 Å². The highest BCUT2D eigenvalue weighted by Gasteiger charge is 2.31. The van der Waals surface area contributed by atoms with E-state index in [0.717, 1.165) is 17.0 Å². The molecule has 1 N–H and O–H groups in total. The molecule has 8 heteroatoms. The van der Waals surface area contributed by atoms with E-state index in [1.54, 1.807) is 0 Å². The molecule has 2 rings (SSSR count). The maximum absolute atomic E-state index is 13.0. The molecule has 0 heterocycles. The summed E-state index contributed by atoms with van der Waals surface area (Å²) in [6.45, 7) is 0.441. The van der Waals surface area contributed by atoms with Crippen LogP contribution in [0.4, 0.5) is 18.9 Å². The van der Waals surface area contributed by atoms with Gasteiger partial charge in [0.2, 0.25) is 5.91 Å². The standard InChI is InChI=1S/C19H20F3NO3S/c1-25-10-11-26-17-8-7-14(19(20,21)22)13-16(17)23-18(24)9-12-27-15-5-3-2-4-6-15/h2-8,13H,9-12H2,1H3,(H,23,24). The van der Waals surface area contributed by atoms with Crippen molar-refractivity contribution < 1.29 is 27.4 Å². The Hall–Kier alpha value is -2.19. The number of alkyl halides is 3. The van der Waals surface area contributed by atoms with Gasteiger partial charge >= 0.3 is 6.18 Å². The summed E-state index contributed by atoms with van der Waals surface area (Å²) in [5, 5.41) is 2.52. The van der Waals surface area contributed by atoms with Crippen LogP contribution >= 0.6 is 11.8 Å². The Bertz CT molecular complexity index is 739. The van der Waals surface area contributed by atoms with Crippen LogP contribution in [0.3, 0.4) is 0 Å². The smallest absolute Gasteiger partial charge is 0.416 e. The van der Waals surface area contributed by atoms with Crippen LogP contribution < -0.4 is 10.1 Å². The molecular weight excluding hydrogens is 379 g/mol. The summed E-state index contributed by atoms with van der Waals surface area (Å²) in [7, 11) is 1.49. The molecule has 0 aliphatic carbocycles. The fourth-order valence-electron chi connectivity index (χ4n) is 2.16. The van der Waals surface area contributed by atoms with Gasteiger partial charge in [0.15, 0.2) is 0 Å². The van der Waals surface area contributed by atoms with Crippen molar-refractivity contribution in [1.29, 1.82) is 0 Å². The Kier molecular flexibility index (Phi) is 7.99. The number of benzene rings is 2. The molecule has 0 saturated heterocycles. The normalized spacial score (nSPS) is 11.3. The molecule has 0 aromatic heterocycles. The maximum Gasteiger partial charge on any atom is 0.416 e. The van der Waals surface area contributed by atoms with Gasteiger partial charge in [-0.25, -0.2) is 0 Å². The highest BCUT2D eigenvalue weighted by atomic mass is 32.2. The number of hydrogen-bond acceptors (Lipinski definition) is 4. The van der Waals surface area contributed by atoms with E-state index in [0.29, 0.717) is 5.75 Å². The molecule has 0 unspecified atom stereocenters. The van der Waals surface area contributed by atoms with Gasteiger partial charge < -0.3 is 14.8 Å². The average molecular weight is 399 g/mol. The second-order valence-corrected chi connectivity index (χ2v) is 6.68. The number of methoxy groups -OCH3 is 1. The van der Waals surface area contributed by atoms with Crippen LogP contribution in [0.15, 0.2) is 53.4 Å². The maximum atomic E-state index is 13.0. The molecule has 146 valence electrons. The van der Waals surface area contributed by atoms with Crippen molar-refractivity contribution in [3.05, 3.63) is 54.1 Å². The molecule has 0 spiro atoms. The van der Waals surface area contributed by atoms with E-state index < -0.39 is 11.7 Å². The zero-order chi connectivity index (χ0) is 19.7. The largest absolute Gasteiger partial charge is 0.489 e. The molecule has 0 radical (unpaired) electrons. The molecule has 2 aromatic carbocycles. The molecule has 4 nitrogen and oxygen atoms in total. The van der Waals surface area contributed by atoms with Gasteiger partial charge in [0.25, 0.3) is 0 Å². The lowest BCUT2D eigenvalue weighted by molar-refractivity contribution is -0.137. The highest BCUT2D eigenvalue weighted by Crippen LogP contribution is 2.35. The number of anilines is 1. The SMILES string of the molecule is COCCOc1ccc(C(F)(F)F)cc1NC(=O)CCSc1ccccc1. The molecule has 0 aliphatic heterocycles. The summed E-state index contributed by atoms with van der Waals surface area (Å²) in [5.74, 6) is 0.299. The number of amides is 1. The summed E-state index contributed by atoms with van der Waals surface area (Å²) in [6, 6.07) is 12.5. The second kappa shape index (κ2) is 10.2. The van der Waals surface area contributed by atoms with Crippen LogP contribution in [0.1, 0.15) is 12.0 Å². The fourth-order valence-corrected chi connectivity index (χ4v) is 3.03. The van der Waals surface area contributed by atoms with E-state index in [2.05, 4.69) is 5.32 Å². The first kappa shape index (κ1) is 21.1. The summed E-state index contributed by atoms with van der Waals surface area (Å²) in [5.41, 5.74) is -0.855. The fraction of sp³-hybridized carbons (Fsp3) is 0.316. The summed E-state index contributed by atoms with van der Waals surface area (Å²) in [6.07, 6.45) is -4.35. The van der Waals surface area contributed by atoms with Crippen molar-refractivity contribution in [2.24, 2.45) is 0 Å². The van der Waals surface area contributed by atoms with Crippen molar-refractivity contribution >= 4 is 23.4 Å². The minimum Gasteiger partial charge on any atom is -0.489 e. The number of thioether (sulfide) groups is 1. The van der Waals surface area contributed by atoms with Crippen molar-refractivity contribution in [2.45, 2.75) is 17.5 Å². The highest BCUT2D eigenvalue weighted by molar-refractivity contribution is 7.99. The topological polar surface area (TPSA) is 47.6 Å². The van der Waals surface area contributed by atoms with Gasteiger partial charge in [0.1, 0.15) is 12.4 Å². The predicted molar refractivity (Wildman–Crippen MR) is 99.2 cm³/mol. The molecule has 0 fully saturated rings. The number of halogens is 3. The Balaban J connectivity index is 2.01. The van der Waals surface area contributed by atoms with Gasteiger partial charge in [-0.1, -0.05) is 18.2 Å². The van der Waals surface area contributed by atoms with Crippen LogP contribution in [0.5, 0.6) is 5.75 Å². The Morgan fingerprint density at radius 1 is 1.11 bits per heavy atom. The molecule has 0 aliphatic rings. The summed E-state index contributed by atoms with van der Waals surface area (Å²) in [4.78, 5) is 13.2. The third-order valence-electron chi connectivity index (χ3n) is 3.47. The molecular formula is C19H20F3NO3S. The lowest BCUT2D eigenvalue weighted by Gasteiger charge is -2.15. The molecule has 1 amide bonds. The Labute approximate surface area is 160 Å². The van der Waals surface area contributed by atoms with Crippen molar-refractivity contribution in [3.8, 4) is 5.75 Å². The monoisotopic (exact) mass is 399 g/mol. The van der Waals surface area contributed by atoms with Crippen molar-refractivity contribution in [3.63, 3.8) is 0 Å². The number of ether oxygens (including phenoxy) is 2. The van der Waals surface area contributed by atoms with E-state index >= 15 is 0 Å². The zero-order valence-electron chi connectivity index (χ0n) is 14.7. The number of rotatable bonds is 9. The lowest BCUT2D eigenvalue weighted by atomic mass is 10.1. The minimum absolute atomic E-state index is 0.00404. The quantitative estimate of drug-likeness (QED) is 0.484. The average Bonchev–Trinajstić information content (AvgIpc) is 2.63. The van der Waals surface area contributed by atoms with Crippen LogP contribution in [0.2, 0.25) is 0 Å². The van der Waals surface area contributed by atoms with E-state index in [1.165, 1.54) is 24.9 Å². The number of hydrogen-bond donors (Lipinski definition) is 1. The molecule has 0 saturated carbocycles. The lowest BCUT2D eigenvalue weighted by Crippen LogP contribution is -2.15. The van der Waals surface area contributed by atoms with Crippen LogP contribution in [0.25, 0.3) is 0 Å². The number of nitrogens with one attached hydrogen (secondary N) is 1. The third kappa shape index (κ3) is 7.15. The minimum atomic E-state index is -4.51. The van der Waals surface area contributed by atoms with Gasteiger partial charge in [0.05, 0.1) is 17.9 Å². The third-order valence-corrected chi connectivity index (χ3v) is 4.48. The number of carbonyl (C=O) groups is 1. The molecule has 2 aromatic rings. The van der Waals surface area contributed by atoms with Gasteiger partial charge in [-0.2, -0.15) is 13.2 Å². The first-order valence-corrected chi connectivity index (χ1v) is 9.19. The van der Waals surface area contributed by atoms with Gasteiger partial charge in [-0.05, 0) is 30.3 Å². The zero-order valence-corrected chi connectivity index (χ0v) is 15.5.